The zero-order valence-electron chi connectivity index (χ0n) is 13.9. The van der Waals surface area contributed by atoms with Crippen LogP contribution in [-0.2, 0) is 0 Å². The van der Waals surface area contributed by atoms with Crippen molar-refractivity contribution in [1.29, 1.82) is 0 Å². The first-order chi connectivity index (χ1) is 12.8. The van der Waals surface area contributed by atoms with Gasteiger partial charge in [0, 0.05) is 21.5 Å². The summed E-state index contributed by atoms with van der Waals surface area (Å²) in [6.45, 7) is 0. The molecule has 0 saturated heterocycles. The molecule has 1 nitrogen and oxygen atoms in total. The molecule has 0 aliphatic carbocycles. The third-order valence-corrected chi connectivity index (χ3v) is 5.63. The highest BCUT2D eigenvalue weighted by Gasteiger charge is 2.19. The van der Waals surface area contributed by atoms with Gasteiger partial charge in [-0.3, -0.25) is 0 Å². The Balaban J connectivity index is 1.98. The minimum atomic E-state index is 0.777. The van der Waals surface area contributed by atoms with Crippen molar-refractivity contribution in [2.75, 3.05) is 0 Å². The molecule has 6 rings (SSSR count). The van der Waals surface area contributed by atoms with E-state index in [-0.39, 0.29) is 0 Å². The van der Waals surface area contributed by atoms with Crippen LogP contribution in [0, 0.1) is 0 Å². The normalized spacial score (nSPS) is 12.0. The third kappa shape index (κ3) is 1.71. The summed E-state index contributed by atoms with van der Waals surface area (Å²) < 4.78 is 2.37. The Bertz CT molecular complexity index is 1430. The summed E-state index contributed by atoms with van der Waals surface area (Å²) >= 11 is 6.34. The van der Waals surface area contributed by atoms with Gasteiger partial charge in [0.1, 0.15) is 0 Å². The van der Waals surface area contributed by atoms with Crippen molar-refractivity contribution >= 4 is 55.0 Å². The molecule has 0 radical (unpaired) electrons. The predicted octanol–water partition coefficient (Wildman–Crippen LogP) is 7.18. The van der Waals surface area contributed by atoms with Crippen LogP contribution in [0.25, 0.3) is 49.0 Å². The van der Waals surface area contributed by atoms with Crippen LogP contribution in [0.15, 0.2) is 84.9 Å². The zero-order valence-corrected chi connectivity index (χ0v) is 14.7. The maximum absolute atomic E-state index is 6.34. The number of rotatable bonds is 1. The highest BCUT2D eigenvalue weighted by Crippen LogP contribution is 2.43. The first kappa shape index (κ1) is 14.2. The van der Waals surface area contributed by atoms with Gasteiger partial charge >= 0.3 is 0 Å². The van der Waals surface area contributed by atoms with Crippen molar-refractivity contribution in [3.63, 3.8) is 0 Å². The van der Waals surface area contributed by atoms with Crippen LogP contribution in [-0.4, -0.2) is 4.57 Å². The van der Waals surface area contributed by atoms with Gasteiger partial charge in [-0.25, -0.2) is 0 Å². The van der Waals surface area contributed by atoms with E-state index in [2.05, 4.69) is 83.4 Å². The molecule has 0 unspecified atom stereocenters. The number of halogens is 1. The monoisotopic (exact) mass is 351 g/mol. The summed E-state index contributed by atoms with van der Waals surface area (Å²) in [6.07, 6.45) is 0. The quantitative estimate of drug-likeness (QED) is 0.276. The van der Waals surface area contributed by atoms with Crippen LogP contribution in [0.4, 0.5) is 0 Å². The molecule has 0 atom stereocenters. The van der Waals surface area contributed by atoms with Crippen LogP contribution in [0.1, 0.15) is 0 Å². The van der Waals surface area contributed by atoms with Gasteiger partial charge in [0.05, 0.1) is 11.0 Å². The molecule has 5 aromatic carbocycles. The molecular formula is C24H14ClN. The van der Waals surface area contributed by atoms with Crippen LogP contribution in [0.5, 0.6) is 0 Å². The molecule has 0 amide bonds. The summed E-state index contributed by atoms with van der Waals surface area (Å²) in [7, 11) is 0. The summed E-state index contributed by atoms with van der Waals surface area (Å²) in [5.74, 6) is 0. The number of nitrogens with zero attached hydrogens (tertiary/aromatic N) is 1. The lowest BCUT2D eigenvalue weighted by Crippen LogP contribution is -1.92. The summed E-state index contributed by atoms with van der Waals surface area (Å²) in [6, 6.07) is 30.0. The van der Waals surface area contributed by atoms with Gasteiger partial charge in [-0.2, -0.15) is 0 Å². The standard InChI is InChI=1S/C24H14ClN/c25-15-12-13-17-18-8-4-10-21-23(18)24-19(20(17)14-15)9-5-11-22(24)26(21)16-6-2-1-3-7-16/h1-14H. The van der Waals surface area contributed by atoms with Crippen molar-refractivity contribution in [2.24, 2.45) is 0 Å². The Kier molecular flexibility index (Phi) is 2.72. The van der Waals surface area contributed by atoms with Gasteiger partial charge in [-0.05, 0) is 57.9 Å². The van der Waals surface area contributed by atoms with Crippen LogP contribution in [0.2, 0.25) is 5.02 Å². The van der Waals surface area contributed by atoms with Crippen molar-refractivity contribution < 1.29 is 0 Å². The number of benzene rings is 5. The van der Waals surface area contributed by atoms with Crippen molar-refractivity contribution in [3.8, 4) is 5.69 Å². The maximum atomic E-state index is 6.34. The Morgan fingerprint density at radius 2 is 1.19 bits per heavy atom. The van der Waals surface area contributed by atoms with Gasteiger partial charge in [-0.1, -0.05) is 60.1 Å². The molecule has 0 saturated carbocycles. The second-order valence-electron chi connectivity index (χ2n) is 6.76. The first-order valence-corrected chi connectivity index (χ1v) is 9.12. The summed E-state index contributed by atoms with van der Waals surface area (Å²) in [5, 5.41) is 8.44. The van der Waals surface area contributed by atoms with E-state index in [9.17, 15) is 0 Å². The van der Waals surface area contributed by atoms with E-state index in [4.69, 9.17) is 11.6 Å². The van der Waals surface area contributed by atoms with Crippen molar-refractivity contribution in [1.82, 2.24) is 4.57 Å². The van der Waals surface area contributed by atoms with Crippen molar-refractivity contribution in [2.45, 2.75) is 0 Å². The lowest BCUT2D eigenvalue weighted by Gasteiger charge is -2.08. The van der Waals surface area contributed by atoms with Gasteiger partial charge in [0.2, 0.25) is 0 Å². The molecule has 6 aromatic rings. The third-order valence-electron chi connectivity index (χ3n) is 5.39. The van der Waals surface area contributed by atoms with E-state index < -0.39 is 0 Å². The van der Waals surface area contributed by atoms with Crippen LogP contribution < -0.4 is 0 Å². The number of hydrogen-bond acceptors (Lipinski definition) is 0. The van der Waals surface area contributed by atoms with E-state index in [1.807, 2.05) is 6.07 Å². The molecule has 1 aromatic heterocycles. The molecule has 0 N–H and O–H groups in total. The molecular weight excluding hydrogens is 338 g/mol. The van der Waals surface area contributed by atoms with E-state index in [1.165, 1.54) is 49.0 Å². The Labute approximate surface area is 155 Å². The van der Waals surface area contributed by atoms with E-state index >= 15 is 0 Å². The molecule has 0 spiro atoms. The molecule has 1 heterocycles. The number of fused-ring (bicyclic) bond motifs is 3. The van der Waals surface area contributed by atoms with Gasteiger partial charge in [-0.15, -0.1) is 0 Å². The van der Waals surface area contributed by atoms with Gasteiger partial charge < -0.3 is 4.57 Å². The molecule has 26 heavy (non-hydrogen) atoms. The molecule has 0 bridgehead atoms. The molecule has 122 valence electrons. The Morgan fingerprint density at radius 1 is 0.538 bits per heavy atom. The maximum Gasteiger partial charge on any atom is 0.0547 e. The lowest BCUT2D eigenvalue weighted by atomic mass is 9.94. The predicted molar refractivity (Wildman–Crippen MR) is 112 cm³/mol. The molecule has 0 aliphatic rings. The second kappa shape index (κ2) is 5.00. The smallest absolute Gasteiger partial charge is 0.0547 e. The first-order valence-electron chi connectivity index (χ1n) is 8.75. The van der Waals surface area contributed by atoms with Gasteiger partial charge in [0.25, 0.3) is 0 Å². The Hall–Kier alpha value is -3.03. The fourth-order valence-corrected chi connectivity index (χ4v) is 4.56. The molecule has 2 heteroatoms. The second-order valence-corrected chi connectivity index (χ2v) is 7.20. The minimum absolute atomic E-state index is 0.777. The number of hydrogen-bond donors (Lipinski definition) is 0. The van der Waals surface area contributed by atoms with E-state index in [1.54, 1.807) is 0 Å². The molecule has 0 fully saturated rings. The number of para-hydroxylation sites is 1. The van der Waals surface area contributed by atoms with Gasteiger partial charge in [0.15, 0.2) is 0 Å². The topological polar surface area (TPSA) is 4.93 Å². The van der Waals surface area contributed by atoms with E-state index in [0.29, 0.717) is 0 Å². The Morgan fingerprint density at radius 3 is 1.88 bits per heavy atom. The summed E-state index contributed by atoms with van der Waals surface area (Å²) in [5.41, 5.74) is 3.67. The lowest BCUT2D eigenvalue weighted by molar-refractivity contribution is 1.18. The fraction of sp³-hybridized carbons (Fsp3) is 0. The number of aromatic nitrogens is 1. The summed E-state index contributed by atoms with van der Waals surface area (Å²) in [4.78, 5) is 0. The van der Waals surface area contributed by atoms with Crippen molar-refractivity contribution in [3.05, 3.63) is 90.0 Å². The molecule has 0 aliphatic heterocycles. The highest BCUT2D eigenvalue weighted by molar-refractivity contribution is 6.36. The fourth-order valence-electron chi connectivity index (χ4n) is 4.39. The van der Waals surface area contributed by atoms with Crippen LogP contribution >= 0.6 is 11.6 Å². The largest absolute Gasteiger partial charge is 0.309 e. The average molecular weight is 352 g/mol. The SMILES string of the molecule is Clc1ccc2c(c1)c1cccc3c1c1c2cccc1n3-c1ccccc1. The zero-order chi connectivity index (χ0) is 17.3. The average Bonchev–Trinajstić information content (AvgIpc) is 3.03. The van der Waals surface area contributed by atoms with E-state index in [0.717, 1.165) is 5.02 Å². The minimum Gasteiger partial charge on any atom is -0.309 e. The highest BCUT2D eigenvalue weighted by atomic mass is 35.5. The van der Waals surface area contributed by atoms with Crippen LogP contribution in [0.3, 0.4) is 0 Å².